The van der Waals surface area contributed by atoms with Gasteiger partial charge in [0, 0.05) is 17.5 Å². The van der Waals surface area contributed by atoms with Crippen LogP contribution in [0.5, 0.6) is 0 Å². The molecule has 2 aromatic heterocycles. The van der Waals surface area contributed by atoms with Crippen LogP contribution in [0, 0.1) is 6.92 Å². The Labute approximate surface area is 110 Å². The second-order valence-corrected chi connectivity index (χ2v) is 5.40. The molecule has 6 heteroatoms. The molecule has 0 saturated heterocycles. The van der Waals surface area contributed by atoms with E-state index in [0.29, 0.717) is 6.42 Å². The van der Waals surface area contributed by atoms with Gasteiger partial charge in [0.1, 0.15) is 5.82 Å². The molecular weight excluding hydrogens is 248 g/mol. The highest BCUT2D eigenvalue weighted by molar-refractivity contribution is 7.09. The van der Waals surface area contributed by atoms with Crippen LogP contribution in [0.3, 0.4) is 0 Å². The van der Waals surface area contributed by atoms with E-state index in [1.165, 1.54) is 0 Å². The number of amides is 1. The minimum Gasteiger partial charge on any atom is -0.311 e. The Kier molecular flexibility index (Phi) is 3.76. The molecule has 2 aromatic rings. The van der Waals surface area contributed by atoms with Crippen molar-refractivity contribution >= 4 is 23.1 Å². The normalized spacial score (nSPS) is 10.9. The highest BCUT2D eigenvalue weighted by atomic mass is 32.1. The van der Waals surface area contributed by atoms with Gasteiger partial charge in [-0.1, -0.05) is 0 Å². The predicted octanol–water partition coefficient (Wildman–Crippen LogP) is 2.41. The summed E-state index contributed by atoms with van der Waals surface area (Å²) in [4.78, 5) is 16.1. The third-order valence-corrected chi connectivity index (χ3v) is 3.26. The fourth-order valence-corrected chi connectivity index (χ4v) is 2.28. The van der Waals surface area contributed by atoms with Crippen LogP contribution in [-0.4, -0.2) is 20.7 Å². The molecule has 1 N–H and O–H groups in total. The molecular formula is C12H16N4OS. The summed E-state index contributed by atoms with van der Waals surface area (Å²) < 4.78 is 1.78. The second-order valence-electron chi connectivity index (χ2n) is 4.34. The first-order valence-electron chi connectivity index (χ1n) is 5.80. The quantitative estimate of drug-likeness (QED) is 0.922. The Hall–Kier alpha value is -1.69. The summed E-state index contributed by atoms with van der Waals surface area (Å²) in [7, 11) is 0. The third-order valence-electron chi connectivity index (χ3n) is 2.44. The summed E-state index contributed by atoms with van der Waals surface area (Å²) in [5.41, 5.74) is 0.811. The van der Waals surface area contributed by atoms with Crippen molar-refractivity contribution < 1.29 is 4.79 Å². The van der Waals surface area contributed by atoms with E-state index in [9.17, 15) is 4.79 Å². The lowest BCUT2D eigenvalue weighted by atomic mass is 10.3. The molecule has 0 fully saturated rings. The first-order chi connectivity index (χ1) is 8.56. The van der Waals surface area contributed by atoms with Gasteiger partial charge in [-0.3, -0.25) is 4.79 Å². The lowest BCUT2D eigenvalue weighted by Gasteiger charge is -2.11. The molecule has 0 aromatic carbocycles. The van der Waals surface area contributed by atoms with Crippen molar-refractivity contribution in [2.45, 2.75) is 33.2 Å². The molecule has 0 bridgehead atoms. The van der Waals surface area contributed by atoms with Gasteiger partial charge in [-0.2, -0.15) is 5.10 Å². The van der Waals surface area contributed by atoms with E-state index in [-0.39, 0.29) is 11.9 Å². The molecule has 0 unspecified atom stereocenters. The molecule has 96 valence electrons. The summed E-state index contributed by atoms with van der Waals surface area (Å²) in [6, 6.07) is 2.02. The Morgan fingerprint density at radius 2 is 2.33 bits per heavy atom. The lowest BCUT2D eigenvalue weighted by Crippen LogP contribution is -2.18. The van der Waals surface area contributed by atoms with Crippen molar-refractivity contribution in [3.63, 3.8) is 0 Å². The van der Waals surface area contributed by atoms with Crippen LogP contribution in [0.2, 0.25) is 0 Å². The Morgan fingerprint density at radius 3 is 2.94 bits per heavy atom. The molecule has 2 rings (SSSR count). The van der Waals surface area contributed by atoms with Crippen LogP contribution < -0.4 is 5.32 Å². The maximum absolute atomic E-state index is 11.9. The van der Waals surface area contributed by atoms with Gasteiger partial charge in [0.05, 0.1) is 23.3 Å². The van der Waals surface area contributed by atoms with E-state index in [0.717, 1.165) is 16.5 Å². The number of thiazole rings is 1. The number of carbonyl (C=O) groups excluding carboxylic acids is 1. The van der Waals surface area contributed by atoms with Gasteiger partial charge < -0.3 is 5.32 Å². The number of aryl methyl sites for hydroxylation is 1. The molecule has 0 atom stereocenters. The van der Waals surface area contributed by atoms with E-state index in [1.54, 1.807) is 28.3 Å². The van der Waals surface area contributed by atoms with Crippen molar-refractivity contribution in [3.05, 3.63) is 28.3 Å². The van der Waals surface area contributed by atoms with Crippen LogP contribution in [0.4, 0.5) is 5.82 Å². The summed E-state index contributed by atoms with van der Waals surface area (Å²) in [6.45, 7) is 5.97. The number of anilines is 1. The minimum atomic E-state index is -0.0669. The number of carbonyl (C=O) groups is 1. The monoisotopic (exact) mass is 264 g/mol. The molecule has 0 aliphatic heterocycles. The summed E-state index contributed by atoms with van der Waals surface area (Å²) >= 11 is 1.55. The highest BCUT2D eigenvalue weighted by Crippen LogP contribution is 2.14. The Morgan fingerprint density at radius 1 is 1.56 bits per heavy atom. The molecule has 2 heterocycles. The van der Waals surface area contributed by atoms with Crippen molar-refractivity contribution in [1.82, 2.24) is 14.8 Å². The maximum atomic E-state index is 11.9. The van der Waals surface area contributed by atoms with Crippen LogP contribution in [0.15, 0.2) is 17.6 Å². The number of rotatable bonds is 4. The number of hydrogen-bond donors (Lipinski definition) is 1. The Bertz CT molecular complexity index is 544. The van der Waals surface area contributed by atoms with E-state index >= 15 is 0 Å². The largest absolute Gasteiger partial charge is 0.311 e. The van der Waals surface area contributed by atoms with Crippen molar-refractivity contribution in [3.8, 4) is 0 Å². The summed E-state index contributed by atoms with van der Waals surface area (Å²) in [5, 5.41) is 9.91. The molecule has 1 amide bonds. The van der Waals surface area contributed by atoms with E-state index < -0.39 is 0 Å². The fraction of sp³-hybridized carbons (Fsp3) is 0.417. The van der Waals surface area contributed by atoms with Gasteiger partial charge in [0.25, 0.3) is 0 Å². The van der Waals surface area contributed by atoms with E-state index in [1.807, 2.05) is 26.2 Å². The van der Waals surface area contributed by atoms with Gasteiger partial charge in [-0.15, -0.1) is 11.3 Å². The van der Waals surface area contributed by atoms with Gasteiger partial charge in [0.2, 0.25) is 5.91 Å². The fourth-order valence-electron chi connectivity index (χ4n) is 1.67. The zero-order chi connectivity index (χ0) is 13.1. The second kappa shape index (κ2) is 5.30. The van der Waals surface area contributed by atoms with Crippen LogP contribution in [-0.2, 0) is 11.2 Å². The number of hydrogen-bond acceptors (Lipinski definition) is 4. The van der Waals surface area contributed by atoms with E-state index in [2.05, 4.69) is 15.4 Å². The van der Waals surface area contributed by atoms with Crippen LogP contribution in [0.1, 0.15) is 30.6 Å². The summed E-state index contributed by atoms with van der Waals surface area (Å²) in [5.74, 6) is 0.657. The standard InChI is InChI=1S/C12H16N4OS/c1-8(2)16-11(4-5-13-16)15-12(17)6-10-7-18-9(3)14-10/h4-5,7-8H,6H2,1-3H3,(H,15,17). The minimum absolute atomic E-state index is 0.0669. The average Bonchev–Trinajstić information content (AvgIpc) is 2.87. The zero-order valence-corrected chi connectivity index (χ0v) is 11.5. The first kappa shape index (κ1) is 12.8. The molecule has 0 spiro atoms. The molecule has 0 aliphatic rings. The van der Waals surface area contributed by atoms with Crippen molar-refractivity contribution in [1.29, 1.82) is 0 Å². The van der Waals surface area contributed by atoms with Crippen LogP contribution >= 0.6 is 11.3 Å². The van der Waals surface area contributed by atoms with Gasteiger partial charge in [-0.05, 0) is 20.8 Å². The summed E-state index contributed by atoms with van der Waals surface area (Å²) in [6.07, 6.45) is 1.98. The molecule has 0 aliphatic carbocycles. The molecule has 5 nitrogen and oxygen atoms in total. The van der Waals surface area contributed by atoms with Gasteiger partial charge in [0.15, 0.2) is 0 Å². The van der Waals surface area contributed by atoms with Crippen molar-refractivity contribution in [2.75, 3.05) is 5.32 Å². The third kappa shape index (κ3) is 2.95. The lowest BCUT2D eigenvalue weighted by molar-refractivity contribution is -0.115. The number of nitrogens with zero attached hydrogens (tertiary/aromatic N) is 3. The predicted molar refractivity (Wildman–Crippen MR) is 71.8 cm³/mol. The first-order valence-corrected chi connectivity index (χ1v) is 6.68. The smallest absolute Gasteiger partial charge is 0.231 e. The van der Waals surface area contributed by atoms with E-state index in [4.69, 9.17) is 0 Å². The van der Waals surface area contributed by atoms with Gasteiger partial charge in [-0.25, -0.2) is 9.67 Å². The highest BCUT2D eigenvalue weighted by Gasteiger charge is 2.11. The maximum Gasteiger partial charge on any atom is 0.231 e. The van der Waals surface area contributed by atoms with Crippen molar-refractivity contribution in [2.24, 2.45) is 0 Å². The molecule has 18 heavy (non-hydrogen) atoms. The number of nitrogens with one attached hydrogen (secondary N) is 1. The Balaban J connectivity index is 2.01. The number of aromatic nitrogens is 3. The van der Waals surface area contributed by atoms with Gasteiger partial charge >= 0.3 is 0 Å². The zero-order valence-electron chi connectivity index (χ0n) is 10.7. The molecule has 0 radical (unpaired) electrons. The van der Waals surface area contributed by atoms with Crippen LogP contribution in [0.25, 0.3) is 0 Å². The SMILES string of the molecule is Cc1nc(CC(=O)Nc2ccnn2C(C)C)cs1. The molecule has 0 saturated carbocycles. The average molecular weight is 264 g/mol. The topological polar surface area (TPSA) is 59.8 Å².